The fraction of sp³-hybridized carbons (Fsp3) is 0.643. The molecular formula is C28H43N5O6. The first-order valence-corrected chi connectivity index (χ1v) is 13.2. The van der Waals surface area contributed by atoms with Crippen LogP contribution in [0.25, 0.3) is 0 Å². The predicted molar refractivity (Wildman–Crippen MR) is 147 cm³/mol. The number of aliphatic imine (C=N–C) groups is 1. The Balaban J connectivity index is 2.49. The van der Waals surface area contributed by atoms with Crippen LogP contribution >= 0.6 is 0 Å². The minimum absolute atomic E-state index is 0.00853. The molecule has 1 aromatic heterocycles. The zero-order chi connectivity index (χ0) is 29.8. The average Bonchev–Trinajstić information content (AvgIpc) is 3.25. The third-order valence-electron chi connectivity index (χ3n) is 5.68. The van der Waals surface area contributed by atoms with Gasteiger partial charge in [-0.25, -0.2) is 19.2 Å². The second kappa shape index (κ2) is 12.1. The number of nitrogens with one attached hydrogen (secondary N) is 1. The Bertz CT molecular complexity index is 1110. The van der Waals surface area contributed by atoms with E-state index in [0.29, 0.717) is 12.1 Å². The van der Waals surface area contributed by atoms with Gasteiger partial charge >= 0.3 is 12.2 Å². The van der Waals surface area contributed by atoms with Crippen molar-refractivity contribution in [1.82, 2.24) is 20.0 Å². The van der Waals surface area contributed by atoms with Crippen LogP contribution in [0.3, 0.4) is 0 Å². The second-order valence-corrected chi connectivity index (χ2v) is 12.5. The van der Waals surface area contributed by atoms with E-state index in [4.69, 9.17) is 9.47 Å². The van der Waals surface area contributed by atoms with Crippen molar-refractivity contribution in [1.29, 1.82) is 0 Å². The van der Waals surface area contributed by atoms with Crippen LogP contribution in [0.1, 0.15) is 88.5 Å². The molecule has 0 saturated heterocycles. The molecule has 1 heterocycles. The largest absolute Gasteiger partial charge is 0.443 e. The number of ether oxygens (including phenoxy) is 2. The van der Waals surface area contributed by atoms with Gasteiger partial charge in [-0.05, 0) is 66.4 Å². The van der Waals surface area contributed by atoms with E-state index in [1.165, 1.54) is 15.8 Å². The van der Waals surface area contributed by atoms with Crippen LogP contribution in [0.5, 0.6) is 0 Å². The van der Waals surface area contributed by atoms with Crippen molar-refractivity contribution in [2.75, 3.05) is 6.54 Å². The number of nitrogens with zero attached hydrogens (tertiary/aromatic N) is 4. The summed E-state index contributed by atoms with van der Waals surface area (Å²) < 4.78 is 12.3. The summed E-state index contributed by atoms with van der Waals surface area (Å²) in [5.74, 6) is -0.520. The fourth-order valence-corrected chi connectivity index (χ4v) is 4.10. The fourth-order valence-electron chi connectivity index (χ4n) is 4.10. The van der Waals surface area contributed by atoms with Gasteiger partial charge in [-0.3, -0.25) is 9.59 Å². The second-order valence-electron chi connectivity index (χ2n) is 12.5. The zero-order valence-corrected chi connectivity index (χ0v) is 24.9. The van der Waals surface area contributed by atoms with E-state index in [1.807, 2.05) is 20.8 Å². The van der Waals surface area contributed by atoms with Crippen LogP contribution in [0.2, 0.25) is 0 Å². The topological polar surface area (TPSA) is 132 Å². The number of carbonyl (C=O) groups excluding carboxylic acids is 4. The Morgan fingerprint density at radius 3 is 2.13 bits per heavy atom. The van der Waals surface area contributed by atoms with Crippen molar-refractivity contribution >= 4 is 29.7 Å². The number of allylic oxidation sites excluding steroid dienone is 2. The Morgan fingerprint density at radius 2 is 1.67 bits per heavy atom. The summed E-state index contributed by atoms with van der Waals surface area (Å²) >= 11 is 0. The molecule has 0 spiro atoms. The number of rotatable bonds is 5. The molecule has 11 nitrogen and oxygen atoms in total. The molecule has 1 aliphatic carbocycles. The zero-order valence-electron chi connectivity index (χ0n) is 24.9. The lowest BCUT2D eigenvalue weighted by Crippen LogP contribution is -2.50. The lowest BCUT2D eigenvalue weighted by Gasteiger charge is -2.32. The summed E-state index contributed by atoms with van der Waals surface area (Å²) in [4.78, 5) is 57.1. The van der Waals surface area contributed by atoms with Gasteiger partial charge in [0, 0.05) is 37.0 Å². The molecule has 216 valence electrons. The maximum absolute atomic E-state index is 13.5. The molecule has 0 radical (unpaired) electrons. The molecule has 2 rings (SSSR count). The molecule has 1 aromatic rings. The maximum Gasteiger partial charge on any atom is 0.437 e. The highest BCUT2D eigenvalue weighted by atomic mass is 16.6. The molecule has 1 atom stereocenters. The number of hydrogen-bond donors (Lipinski definition) is 1. The predicted octanol–water partition coefficient (Wildman–Crippen LogP) is 4.86. The molecule has 0 aromatic carbocycles. The molecular weight excluding hydrogens is 502 g/mol. The minimum Gasteiger partial charge on any atom is -0.443 e. The maximum atomic E-state index is 13.5. The van der Waals surface area contributed by atoms with Crippen molar-refractivity contribution in [3.05, 3.63) is 29.7 Å². The summed E-state index contributed by atoms with van der Waals surface area (Å²) in [6.45, 7) is 17.7. The lowest BCUT2D eigenvalue weighted by molar-refractivity contribution is -0.127. The molecule has 1 fully saturated rings. The van der Waals surface area contributed by atoms with Crippen molar-refractivity contribution in [2.45, 2.75) is 106 Å². The highest BCUT2D eigenvalue weighted by Gasteiger charge is 2.37. The van der Waals surface area contributed by atoms with Crippen molar-refractivity contribution < 1.29 is 28.7 Å². The molecule has 11 heteroatoms. The third-order valence-corrected chi connectivity index (χ3v) is 5.68. The van der Waals surface area contributed by atoms with Crippen LogP contribution < -0.4 is 5.32 Å². The van der Waals surface area contributed by atoms with Crippen LogP contribution in [0, 0.1) is 5.41 Å². The van der Waals surface area contributed by atoms with Crippen LogP contribution in [-0.4, -0.2) is 68.2 Å². The van der Waals surface area contributed by atoms with Gasteiger partial charge in [-0.2, -0.15) is 5.10 Å². The van der Waals surface area contributed by atoms with Gasteiger partial charge in [0.05, 0.1) is 12.1 Å². The number of hydrogen-bond acceptors (Lipinski definition) is 8. The summed E-state index contributed by atoms with van der Waals surface area (Å²) in [6, 6.07) is 1.20. The average molecular weight is 546 g/mol. The Labute approximate surface area is 231 Å². The monoisotopic (exact) mass is 545 g/mol. The Hall–Kier alpha value is -3.50. The molecule has 0 aliphatic heterocycles. The minimum atomic E-state index is -0.901. The Morgan fingerprint density at radius 1 is 1.10 bits per heavy atom. The van der Waals surface area contributed by atoms with Crippen molar-refractivity contribution in [2.24, 2.45) is 10.4 Å². The molecule has 0 bridgehead atoms. The van der Waals surface area contributed by atoms with Gasteiger partial charge in [0.25, 0.3) is 0 Å². The van der Waals surface area contributed by atoms with Gasteiger partial charge < -0.3 is 14.8 Å². The van der Waals surface area contributed by atoms with Gasteiger partial charge in [-0.15, -0.1) is 4.99 Å². The van der Waals surface area contributed by atoms with Gasteiger partial charge in [0.15, 0.2) is 11.6 Å². The number of amides is 2. The van der Waals surface area contributed by atoms with Gasteiger partial charge in [0.1, 0.15) is 11.2 Å². The first kappa shape index (κ1) is 31.7. The summed E-state index contributed by atoms with van der Waals surface area (Å²) in [5.41, 5.74) is -1.42. The number of ketones is 2. The van der Waals surface area contributed by atoms with Crippen molar-refractivity contribution in [3.8, 4) is 0 Å². The molecule has 2 amide bonds. The highest BCUT2D eigenvalue weighted by Crippen LogP contribution is 2.34. The van der Waals surface area contributed by atoms with E-state index >= 15 is 0 Å². The van der Waals surface area contributed by atoms with Crippen LogP contribution in [0.15, 0.2) is 34.7 Å². The molecule has 1 aliphatic rings. The van der Waals surface area contributed by atoms with E-state index in [-0.39, 0.29) is 47.9 Å². The van der Waals surface area contributed by atoms with E-state index < -0.39 is 29.4 Å². The van der Waals surface area contributed by atoms with E-state index in [9.17, 15) is 19.2 Å². The summed E-state index contributed by atoms with van der Waals surface area (Å²) in [6.07, 6.45) is 2.45. The Kier molecular flexibility index (Phi) is 9.86. The molecule has 39 heavy (non-hydrogen) atoms. The number of aromatic nitrogens is 2. The first-order valence-electron chi connectivity index (χ1n) is 13.2. The summed E-state index contributed by atoms with van der Waals surface area (Å²) in [7, 11) is 0. The van der Waals surface area contributed by atoms with E-state index in [0.717, 1.165) is 0 Å². The molecule has 1 unspecified atom stereocenters. The quantitative estimate of drug-likeness (QED) is 0.240. The molecule has 1 N–H and O–H groups in total. The van der Waals surface area contributed by atoms with Crippen LogP contribution in [-0.2, 0) is 19.1 Å². The van der Waals surface area contributed by atoms with Crippen LogP contribution in [0.4, 0.5) is 9.59 Å². The van der Waals surface area contributed by atoms with Crippen molar-refractivity contribution in [3.63, 3.8) is 0 Å². The normalized spacial score (nSPS) is 17.0. The number of carbonyl (C=O) groups is 4. The summed E-state index contributed by atoms with van der Waals surface area (Å²) in [5, 5.41) is 7.43. The van der Waals surface area contributed by atoms with E-state index in [1.54, 1.807) is 60.7 Å². The molecule has 1 saturated carbocycles. The standard InChI is InChI=1S/C28H43N5O6/c1-11-19(30-18(2)22-20(34)15-28(9,10)16-21(22)35)17-32(25(37)39-27(6,7)8)23(33-14-12-13-29-33)31-24(36)38-26(3,4)5/h12-14,19,30H,11,15-17H2,1-10H3. The lowest BCUT2D eigenvalue weighted by atomic mass is 9.73. The van der Waals surface area contributed by atoms with E-state index in [2.05, 4.69) is 15.4 Å². The smallest absolute Gasteiger partial charge is 0.437 e. The third kappa shape index (κ3) is 9.63. The first-order chi connectivity index (χ1) is 17.8. The number of Topliss-reactive ketones (excluding diaryl/α,β-unsaturated/α-hetero) is 2. The highest BCUT2D eigenvalue weighted by molar-refractivity contribution is 6.22. The van der Waals surface area contributed by atoms with Gasteiger partial charge in [-0.1, -0.05) is 20.8 Å². The van der Waals surface area contributed by atoms with Gasteiger partial charge in [0.2, 0.25) is 5.96 Å². The SMILES string of the molecule is CCC(CN(C(=O)OC(C)(C)C)C(=NC(=O)OC(C)(C)C)n1cccn1)NC(C)=C1C(=O)CC(C)(C)CC1=O.